The highest BCUT2D eigenvalue weighted by molar-refractivity contribution is 5.74. The number of nitrogens with two attached hydrogens (primary N) is 1. The van der Waals surface area contributed by atoms with E-state index in [0.29, 0.717) is 11.1 Å². The summed E-state index contributed by atoms with van der Waals surface area (Å²) in [7, 11) is 0. The summed E-state index contributed by atoms with van der Waals surface area (Å²) in [5.41, 5.74) is 3.14. The molecule has 5 nitrogen and oxygen atoms in total. The van der Waals surface area contributed by atoms with Crippen LogP contribution in [-0.2, 0) is 15.1 Å². The predicted molar refractivity (Wildman–Crippen MR) is 125 cm³/mol. The molecule has 2 amide bonds. The molecule has 0 radical (unpaired) electrons. The van der Waals surface area contributed by atoms with Crippen molar-refractivity contribution in [3.63, 3.8) is 0 Å². The fourth-order valence-corrected chi connectivity index (χ4v) is 4.72. The third-order valence-corrected chi connectivity index (χ3v) is 6.91. The van der Waals surface area contributed by atoms with Gasteiger partial charge in [-0.1, -0.05) is 42.5 Å². The van der Waals surface area contributed by atoms with Crippen LogP contribution in [0.3, 0.4) is 0 Å². The van der Waals surface area contributed by atoms with E-state index in [1.165, 1.54) is 47.4 Å². The monoisotopic (exact) mass is 484 g/mol. The number of hydrogen-bond acceptors (Lipinski definition) is 3. The first kappa shape index (κ1) is 24.6. The lowest BCUT2D eigenvalue weighted by atomic mass is 9.82. The Labute approximate surface area is 202 Å². The fraction of sp³-hybridized carbons (Fsp3) is 0.333. The number of cyclic esters (lactones) is 1. The van der Waals surface area contributed by atoms with Crippen molar-refractivity contribution in [1.82, 2.24) is 4.90 Å². The van der Waals surface area contributed by atoms with Gasteiger partial charge < -0.3 is 15.4 Å². The van der Waals surface area contributed by atoms with E-state index in [1.54, 1.807) is 37.3 Å². The van der Waals surface area contributed by atoms with E-state index in [2.05, 4.69) is 0 Å². The molecule has 0 bridgehead atoms. The Hall–Kier alpha value is -3.55. The first-order valence-electron chi connectivity index (χ1n) is 11.5. The van der Waals surface area contributed by atoms with Crippen molar-refractivity contribution < 1.29 is 27.5 Å². The number of halogens is 3. The maximum absolute atomic E-state index is 15.9. The van der Waals surface area contributed by atoms with Crippen LogP contribution in [0.2, 0.25) is 0 Å². The second-order valence-corrected chi connectivity index (χ2v) is 9.05. The lowest BCUT2D eigenvalue weighted by Gasteiger charge is -2.45. The number of rotatable bonds is 7. The van der Waals surface area contributed by atoms with Gasteiger partial charge in [0.15, 0.2) is 5.67 Å². The van der Waals surface area contributed by atoms with Crippen LogP contribution < -0.4 is 5.73 Å². The molecule has 2 N–H and O–H groups in total. The van der Waals surface area contributed by atoms with Crippen molar-refractivity contribution >= 4 is 12.0 Å². The minimum atomic E-state index is -1.98. The van der Waals surface area contributed by atoms with Crippen LogP contribution in [0.1, 0.15) is 43.2 Å². The minimum Gasteiger partial charge on any atom is -0.438 e. The third-order valence-electron chi connectivity index (χ3n) is 6.91. The van der Waals surface area contributed by atoms with Crippen LogP contribution in [0.25, 0.3) is 0 Å². The average molecular weight is 485 g/mol. The zero-order valence-corrected chi connectivity index (χ0v) is 19.3. The van der Waals surface area contributed by atoms with E-state index in [0.717, 1.165) is 0 Å². The average Bonchev–Trinajstić information content (AvgIpc) is 2.84. The van der Waals surface area contributed by atoms with Crippen LogP contribution >= 0.6 is 0 Å². The topological polar surface area (TPSA) is 72.6 Å². The highest BCUT2D eigenvalue weighted by Gasteiger charge is 2.47. The van der Waals surface area contributed by atoms with Gasteiger partial charge in [-0.25, -0.2) is 18.0 Å². The van der Waals surface area contributed by atoms with Gasteiger partial charge in [-0.3, -0.25) is 4.79 Å². The Balaban J connectivity index is 1.52. The molecule has 0 unspecified atom stereocenters. The van der Waals surface area contributed by atoms with E-state index in [1.807, 2.05) is 0 Å². The van der Waals surface area contributed by atoms with Gasteiger partial charge >= 0.3 is 6.09 Å². The van der Waals surface area contributed by atoms with Gasteiger partial charge in [0.1, 0.15) is 17.2 Å². The molecule has 2 atom stereocenters. The zero-order valence-electron chi connectivity index (χ0n) is 19.3. The van der Waals surface area contributed by atoms with Crippen molar-refractivity contribution in [2.75, 3.05) is 6.54 Å². The lowest BCUT2D eigenvalue weighted by Crippen LogP contribution is -2.56. The number of carbonyl (C=O) groups excluding carboxylic acids is 2. The molecule has 1 heterocycles. The van der Waals surface area contributed by atoms with E-state index in [9.17, 15) is 18.4 Å². The maximum atomic E-state index is 15.9. The Morgan fingerprint density at radius 3 is 2.40 bits per heavy atom. The van der Waals surface area contributed by atoms with Crippen LogP contribution in [0, 0.1) is 11.6 Å². The van der Waals surface area contributed by atoms with E-state index >= 15 is 4.39 Å². The molecule has 1 aliphatic heterocycles. The predicted octanol–water partition coefficient (Wildman–Crippen LogP) is 5.27. The highest BCUT2D eigenvalue weighted by atomic mass is 19.1. The first-order chi connectivity index (χ1) is 16.6. The Kier molecular flexibility index (Phi) is 6.74. The standard InChI is InChI=1S/C27H27F3N2O3/c1-18(26(30)13-10-19(11-14-26)22-4-2-3-5-23(22)29)32-17-16-27(35-25(32)34,15-12-24(31)33)20-6-8-21(28)9-7-20/h2-11,13-14,18-19H,12,15-17H2,1H3,(H2,31,33)/t18-,19?,26?,27+/m0/s1. The molecule has 1 saturated heterocycles. The highest BCUT2D eigenvalue weighted by Crippen LogP contribution is 2.41. The molecule has 35 heavy (non-hydrogen) atoms. The van der Waals surface area contributed by atoms with Crippen LogP contribution in [-0.4, -0.2) is 35.2 Å². The van der Waals surface area contributed by atoms with Crippen molar-refractivity contribution in [2.24, 2.45) is 5.73 Å². The number of ether oxygens (including phenoxy) is 1. The molecular weight excluding hydrogens is 457 g/mol. The van der Waals surface area contributed by atoms with Crippen molar-refractivity contribution in [1.29, 1.82) is 0 Å². The van der Waals surface area contributed by atoms with Crippen molar-refractivity contribution in [2.45, 2.75) is 49.4 Å². The minimum absolute atomic E-state index is 0.0316. The molecular formula is C27H27F3N2O3. The number of allylic oxidation sites excluding steroid dienone is 2. The summed E-state index contributed by atoms with van der Waals surface area (Å²) in [6.07, 6.45) is 5.48. The quantitative estimate of drug-likeness (QED) is 0.544. The molecule has 0 saturated carbocycles. The summed E-state index contributed by atoms with van der Waals surface area (Å²) in [5, 5.41) is 0. The normalized spacial score (nSPS) is 26.9. The maximum Gasteiger partial charge on any atom is 0.411 e. The van der Waals surface area contributed by atoms with Crippen molar-refractivity contribution in [3.05, 3.63) is 95.6 Å². The summed E-state index contributed by atoms with van der Waals surface area (Å²) >= 11 is 0. The van der Waals surface area contributed by atoms with Gasteiger partial charge in [0.25, 0.3) is 0 Å². The van der Waals surface area contributed by atoms with Gasteiger partial charge in [0.05, 0.1) is 6.04 Å². The smallest absolute Gasteiger partial charge is 0.411 e. The molecule has 0 spiro atoms. The number of primary amides is 1. The second-order valence-electron chi connectivity index (χ2n) is 9.05. The Morgan fingerprint density at radius 1 is 1.14 bits per heavy atom. The fourth-order valence-electron chi connectivity index (χ4n) is 4.72. The van der Waals surface area contributed by atoms with E-state index < -0.39 is 41.0 Å². The number of nitrogens with zero attached hydrogens (tertiary/aromatic N) is 1. The van der Waals surface area contributed by atoms with Gasteiger partial charge in [-0.2, -0.15) is 0 Å². The third kappa shape index (κ3) is 4.97. The van der Waals surface area contributed by atoms with Gasteiger partial charge in [-0.05, 0) is 48.4 Å². The Morgan fingerprint density at radius 2 is 1.80 bits per heavy atom. The number of hydrogen-bond donors (Lipinski definition) is 1. The number of alkyl halides is 1. The molecule has 2 aromatic rings. The molecule has 4 rings (SSSR count). The molecule has 8 heteroatoms. The van der Waals surface area contributed by atoms with Crippen LogP contribution in [0.4, 0.5) is 18.0 Å². The zero-order chi connectivity index (χ0) is 25.2. The Bertz CT molecular complexity index is 1150. The molecule has 184 valence electrons. The summed E-state index contributed by atoms with van der Waals surface area (Å²) < 4.78 is 49.3. The summed E-state index contributed by atoms with van der Waals surface area (Å²) in [4.78, 5) is 25.8. The van der Waals surface area contributed by atoms with E-state index in [4.69, 9.17) is 10.5 Å². The largest absolute Gasteiger partial charge is 0.438 e. The van der Waals surface area contributed by atoms with Gasteiger partial charge in [0, 0.05) is 31.7 Å². The van der Waals surface area contributed by atoms with Crippen molar-refractivity contribution in [3.8, 4) is 0 Å². The summed E-state index contributed by atoms with van der Waals surface area (Å²) in [6, 6.07) is 10.9. The lowest BCUT2D eigenvalue weighted by molar-refractivity contribution is -0.121. The summed E-state index contributed by atoms with van der Waals surface area (Å²) in [5.74, 6) is -1.79. The number of carbonyl (C=O) groups is 2. The second kappa shape index (κ2) is 9.60. The molecule has 1 aliphatic carbocycles. The number of benzene rings is 2. The summed E-state index contributed by atoms with van der Waals surface area (Å²) in [6.45, 7) is 1.73. The molecule has 2 aromatic carbocycles. The van der Waals surface area contributed by atoms with E-state index in [-0.39, 0.29) is 31.6 Å². The van der Waals surface area contributed by atoms with Crippen LogP contribution in [0.5, 0.6) is 0 Å². The van der Waals surface area contributed by atoms with Crippen LogP contribution in [0.15, 0.2) is 72.8 Å². The van der Waals surface area contributed by atoms with Gasteiger partial charge in [0.2, 0.25) is 5.91 Å². The molecule has 2 aliphatic rings. The van der Waals surface area contributed by atoms with Gasteiger partial charge in [-0.15, -0.1) is 0 Å². The first-order valence-corrected chi connectivity index (χ1v) is 11.5. The number of amides is 2. The molecule has 0 aromatic heterocycles. The SMILES string of the molecule is C[C@H](N1CC[C@](CCC(N)=O)(c2ccc(F)cc2)OC1=O)C1(F)C=CC(c2ccccc2F)C=C1. The molecule has 1 fully saturated rings.